The molecule has 2 aromatic rings. The zero-order valence-corrected chi connectivity index (χ0v) is 15.5. The van der Waals surface area contributed by atoms with E-state index >= 15 is 0 Å². The Labute approximate surface area is 152 Å². The van der Waals surface area contributed by atoms with Crippen LogP contribution in [0.4, 0.5) is 0 Å². The third-order valence-corrected chi connectivity index (χ3v) is 5.55. The number of amides is 2. The standard InChI is InChI=1S/C19H19NO5S/c1-13-8-10-14(11-9-13)26(23,24)25-12-19(2,3)20-17(21)15-6-4-5-7-16(15)18(20)22/h4-11H,12H2,1-3H3. The lowest BCUT2D eigenvalue weighted by molar-refractivity contribution is 0.0387. The lowest BCUT2D eigenvalue weighted by Crippen LogP contribution is -2.50. The van der Waals surface area contributed by atoms with Crippen LogP contribution in [0.1, 0.15) is 40.1 Å². The van der Waals surface area contributed by atoms with Crippen LogP contribution in [0.3, 0.4) is 0 Å². The van der Waals surface area contributed by atoms with E-state index < -0.39 is 27.5 Å². The van der Waals surface area contributed by atoms with Gasteiger partial charge < -0.3 is 0 Å². The van der Waals surface area contributed by atoms with Gasteiger partial charge in [-0.1, -0.05) is 29.8 Å². The molecule has 0 unspecified atom stereocenters. The first-order chi connectivity index (χ1) is 12.1. The summed E-state index contributed by atoms with van der Waals surface area (Å²) in [6.07, 6.45) is 0. The number of carbonyl (C=O) groups is 2. The van der Waals surface area contributed by atoms with Gasteiger partial charge in [0.15, 0.2) is 0 Å². The molecule has 0 saturated carbocycles. The molecule has 0 fully saturated rings. The highest BCUT2D eigenvalue weighted by Gasteiger charge is 2.44. The maximum absolute atomic E-state index is 12.6. The average molecular weight is 373 g/mol. The maximum atomic E-state index is 12.6. The van der Waals surface area contributed by atoms with Crippen LogP contribution in [0.25, 0.3) is 0 Å². The second-order valence-electron chi connectivity index (χ2n) is 6.83. The second kappa shape index (κ2) is 6.34. The molecule has 1 aliphatic rings. The van der Waals surface area contributed by atoms with Gasteiger partial charge in [-0.05, 0) is 45.0 Å². The third kappa shape index (κ3) is 3.15. The smallest absolute Gasteiger partial charge is 0.269 e. The number of fused-ring (bicyclic) bond motifs is 1. The normalized spacial score (nSPS) is 14.7. The molecule has 0 bridgehead atoms. The first-order valence-corrected chi connectivity index (χ1v) is 9.48. The fraction of sp³-hybridized carbons (Fsp3) is 0.263. The van der Waals surface area contributed by atoms with Crippen molar-refractivity contribution in [2.24, 2.45) is 0 Å². The van der Waals surface area contributed by atoms with Crippen molar-refractivity contribution < 1.29 is 22.2 Å². The summed E-state index contributed by atoms with van der Waals surface area (Å²) in [5.74, 6) is -0.904. The van der Waals surface area contributed by atoms with Crippen LogP contribution < -0.4 is 0 Å². The SMILES string of the molecule is Cc1ccc(S(=O)(=O)OCC(C)(C)N2C(=O)c3ccccc3C2=O)cc1. The third-order valence-electron chi connectivity index (χ3n) is 4.28. The van der Waals surface area contributed by atoms with Gasteiger partial charge in [0.25, 0.3) is 21.9 Å². The van der Waals surface area contributed by atoms with E-state index in [9.17, 15) is 18.0 Å². The van der Waals surface area contributed by atoms with Crippen molar-refractivity contribution >= 4 is 21.9 Å². The number of hydrogen-bond donors (Lipinski definition) is 0. The van der Waals surface area contributed by atoms with Crippen molar-refractivity contribution in [1.82, 2.24) is 4.90 Å². The Hall–Kier alpha value is -2.51. The van der Waals surface area contributed by atoms with Crippen LogP contribution in [0.5, 0.6) is 0 Å². The van der Waals surface area contributed by atoms with Gasteiger partial charge in [0.1, 0.15) is 0 Å². The molecular formula is C19H19NO5S. The van der Waals surface area contributed by atoms with E-state index in [1.807, 2.05) is 6.92 Å². The second-order valence-corrected chi connectivity index (χ2v) is 8.45. The average Bonchev–Trinajstić information content (AvgIpc) is 2.86. The van der Waals surface area contributed by atoms with Crippen LogP contribution in [0, 0.1) is 6.92 Å². The maximum Gasteiger partial charge on any atom is 0.297 e. The predicted molar refractivity (Wildman–Crippen MR) is 95.3 cm³/mol. The number of nitrogens with zero attached hydrogens (tertiary/aromatic N) is 1. The number of rotatable bonds is 5. The fourth-order valence-electron chi connectivity index (χ4n) is 2.80. The van der Waals surface area contributed by atoms with E-state index in [2.05, 4.69) is 0 Å². The molecule has 136 valence electrons. The summed E-state index contributed by atoms with van der Waals surface area (Å²) in [6, 6.07) is 12.8. The zero-order chi connectivity index (χ0) is 19.1. The van der Waals surface area contributed by atoms with E-state index in [1.54, 1.807) is 50.2 Å². The summed E-state index contributed by atoms with van der Waals surface area (Å²) in [5.41, 5.74) is 0.416. The highest BCUT2D eigenvalue weighted by Crippen LogP contribution is 2.30. The number of carbonyl (C=O) groups excluding carboxylic acids is 2. The minimum absolute atomic E-state index is 0.0289. The van der Waals surface area contributed by atoms with Crippen LogP contribution in [-0.4, -0.2) is 37.3 Å². The molecule has 3 rings (SSSR count). The van der Waals surface area contributed by atoms with Gasteiger partial charge in [0, 0.05) is 0 Å². The molecule has 26 heavy (non-hydrogen) atoms. The first-order valence-electron chi connectivity index (χ1n) is 8.07. The lowest BCUT2D eigenvalue weighted by atomic mass is 10.0. The van der Waals surface area contributed by atoms with Crippen LogP contribution in [0.15, 0.2) is 53.4 Å². The molecule has 1 aliphatic heterocycles. The van der Waals surface area contributed by atoms with Crippen molar-refractivity contribution in [3.05, 3.63) is 65.2 Å². The van der Waals surface area contributed by atoms with Gasteiger partial charge in [-0.25, -0.2) is 0 Å². The van der Waals surface area contributed by atoms with Gasteiger partial charge in [-0.15, -0.1) is 0 Å². The summed E-state index contributed by atoms with van der Waals surface area (Å²) in [7, 11) is -3.99. The topological polar surface area (TPSA) is 80.8 Å². The molecule has 2 amide bonds. The Bertz CT molecular complexity index is 942. The highest BCUT2D eigenvalue weighted by molar-refractivity contribution is 7.86. The molecule has 0 radical (unpaired) electrons. The molecule has 1 heterocycles. The van der Waals surface area contributed by atoms with E-state index in [1.165, 1.54) is 12.1 Å². The number of aryl methyl sites for hydroxylation is 1. The Balaban J connectivity index is 1.81. The van der Waals surface area contributed by atoms with Gasteiger partial charge in [0.2, 0.25) is 0 Å². The number of benzene rings is 2. The van der Waals surface area contributed by atoms with E-state index in [0.29, 0.717) is 11.1 Å². The van der Waals surface area contributed by atoms with Gasteiger partial charge in [0.05, 0.1) is 28.2 Å². The fourth-order valence-corrected chi connectivity index (χ4v) is 3.85. The summed E-state index contributed by atoms with van der Waals surface area (Å²) >= 11 is 0. The Morgan fingerprint density at radius 2 is 1.42 bits per heavy atom. The van der Waals surface area contributed by atoms with E-state index in [0.717, 1.165) is 10.5 Å². The van der Waals surface area contributed by atoms with E-state index in [4.69, 9.17) is 4.18 Å². The molecule has 0 spiro atoms. The van der Waals surface area contributed by atoms with Crippen molar-refractivity contribution in [3.8, 4) is 0 Å². The van der Waals surface area contributed by atoms with E-state index in [-0.39, 0.29) is 11.5 Å². The van der Waals surface area contributed by atoms with Crippen LogP contribution in [-0.2, 0) is 14.3 Å². The minimum Gasteiger partial charge on any atom is -0.269 e. The Kier molecular flexibility index (Phi) is 4.46. The van der Waals surface area contributed by atoms with Crippen LogP contribution >= 0.6 is 0 Å². The molecule has 6 nitrogen and oxygen atoms in total. The van der Waals surface area contributed by atoms with Gasteiger partial charge in [-0.2, -0.15) is 8.42 Å². The lowest BCUT2D eigenvalue weighted by Gasteiger charge is -2.33. The number of hydrogen-bond acceptors (Lipinski definition) is 5. The summed E-state index contributed by atoms with van der Waals surface area (Å²) < 4.78 is 29.9. The van der Waals surface area contributed by atoms with Crippen molar-refractivity contribution in [2.45, 2.75) is 31.2 Å². The summed E-state index contributed by atoms with van der Waals surface area (Å²) in [4.78, 5) is 26.3. The first kappa shape index (κ1) is 18.3. The summed E-state index contributed by atoms with van der Waals surface area (Å²) in [5, 5.41) is 0. The van der Waals surface area contributed by atoms with Crippen molar-refractivity contribution in [1.29, 1.82) is 0 Å². The predicted octanol–water partition coefficient (Wildman–Crippen LogP) is 2.78. The minimum atomic E-state index is -3.99. The molecule has 7 heteroatoms. The van der Waals surface area contributed by atoms with Crippen molar-refractivity contribution in [2.75, 3.05) is 6.61 Å². The Morgan fingerprint density at radius 1 is 0.923 bits per heavy atom. The van der Waals surface area contributed by atoms with Gasteiger partial charge in [-0.3, -0.25) is 18.7 Å². The molecule has 0 saturated heterocycles. The molecule has 0 aliphatic carbocycles. The van der Waals surface area contributed by atoms with Crippen molar-refractivity contribution in [3.63, 3.8) is 0 Å². The molecule has 2 aromatic carbocycles. The largest absolute Gasteiger partial charge is 0.297 e. The molecule has 0 aromatic heterocycles. The Morgan fingerprint density at radius 3 is 1.92 bits per heavy atom. The zero-order valence-electron chi connectivity index (χ0n) is 14.7. The molecule has 0 atom stereocenters. The highest BCUT2D eigenvalue weighted by atomic mass is 32.2. The van der Waals surface area contributed by atoms with Crippen LogP contribution in [0.2, 0.25) is 0 Å². The van der Waals surface area contributed by atoms with Gasteiger partial charge >= 0.3 is 0 Å². The molecular weight excluding hydrogens is 354 g/mol. The monoisotopic (exact) mass is 373 g/mol. The quantitative estimate of drug-likeness (QED) is 0.595. The molecule has 0 N–H and O–H groups in total. The summed E-state index contributed by atoms with van der Waals surface area (Å²) in [6.45, 7) is 4.70. The number of imide groups is 1.